The summed E-state index contributed by atoms with van der Waals surface area (Å²) in [7, 11) is 1.71. The van der Waals surface area contributed by atoms with Crippen LogP contribution in [0.5, 0.6) is 0 Å². The van der Waals surface area contributed by atoms with Crippen LogP contribution in [0.3, 0.4) is 0 Å². The van der Waals surface area contributed by atoms with Gasteiger partial charge in [-0.1, -0.05) is 60.7 Å². The van der Waals surface area contributed by atoms with E-state index in [0.717, 1.165) is 21.5 Å². The highest BCUT2D eigenvalue weighted by molar-refractivity contribution is 5.98. The molecule has 4 nitrogen and oxygen atoms in total. The molecule has 0 aliphatic heterocycles. The van der Waals surface area contributed by atoms with Crippen molar-refractivity contribution in [3.63, 3.8) is 0 Å². The van der Waals surface area contributed by atoms with Crippen LogP contribution in [-0.2, 0) is 4.74 Å². The maximum absolute atomic E-state index is 12.7. The third-order valence-corrected chi connectivity index (χ3v) is 4.99. The van der Waals surface area contributed by atoms with Gasteiger partial charge in [0.25, 0.3) is 5.91 Å². The Hall–Kier alpha value is -3.66. The highest BCUT2D eigenvalue weighted by Crippen LogP contribution is 2.17. The Morgan fingerprint density at radius 3 is 1.86 bits per heavy atom. The van der Waals surface area contributed by atoms with Crippen LogP contribution in [0.1, 0.15) is 20.7 Å². The molecule has 1 amide bonds. The first kappa shape index (κ1) is 18.7. The third-order valence-electron chi connectivity index (χ3n) is 4.99. The van der Waals surface area contributed by atoms with E-state index in [1.165, 1.54) is 0 Å². The molecule has 0 fully saturated rings. The largest absolute Gasteiger partial charge is 0.460 e. The number of benzene rings is 4. The fourth-order valence-corrected chi connectivity index (χ4v) is 3.32. The van der Waals surface area contributed by atoms with E-state index < -0.39 is 0 Å². The van der Waals surface area contributed by atoms with Crippen molar-refractivity contribution in [2.24, 2.45) is 0 Å². The summed E-state index contributed by atoms with van der Waals surface area (Å²) in [6.45, 7) is 0.465. The number of likely N-dealkylation sites (N-methyl/N-ethyl adjacent to an activating group) is 1. The standard InChI is InChI=1S/C25H21NO3/c1-26(24(27)22-12-10-18-6-2-4-8-20(18)16-22)14-15-29-25(28)23-13-11-19-7-3-5-9-21(19)17-23/h2-13,16-17H,14-15H2,1H3. The SMILES string of the molecule is CN(CCOC(=O)c1ccc2ccccc2c1)C(=O)c1ccc2ccccc2c1. The second kappa shape index (κ2) is 8.15. The Bertz CT molecular complexity index is 1200. The number of carbonyl (C=O) groups is 2. The molecule has 29 heavy (non-hydrogen) atoms. The first-order valence-electron chi connectivity index (χ1n) is 9.52. The zero-order chi connectivity index (χ0) is 20.2. The van der Waals surface area contributed by atoms with Gasteiger partial charge in [-0.2, -0.15) is 0 Å². The maximum Gasteiger partial charge on any atom is 0.338 e. The number of ether oxygens (including phenoxy) is 1. The predicted octanol–water partition coefficient (Wildman–Crippen LogP) is 4.92. The smallest absolute Gasteiger partial charge is 0.338 e. The van der Waals surface area contributed by atoms with Crippen molar-refractivity contribution < 1.29 is 14.3 Å². The van der Waals surface area contributed by atoms with Crippen molar-refractivity contribution in [1.82, 2.24) is 4.90 Å². The third kappa shape index (κ3) is 4.11. The molecule has 4 heteroatoms. The van der Waals surface area contributed by atoms with Crippen molar-refractivity contribution in [3.8, 4) is 0 Å². The molecule has 0 bridgehead atoms. The lowest BCUT2D eigenvalue weighted by atomic mass is 10.1. The number of amides is 1. The van der Waals surface area contributed by atoms with Gasteiger partial charge >= 0.3 is 5.97 Å². The zero-order valence-corrected chi connectivity index (χ0v) is 16.2. The Labute approximate surface area is 169 Å². The zero-order valence-electron chi connectivity index (χ0n) is 16.2. The molecule has 0 spiro atoms. The average molecular weight is 383 g/mol. The van der Waals surface area contributed by atoms with Crippen molar-refractivity contribution in [1.29, 1.82) is 0 Å². The predicted molar refractivity (Wildman–Crippen MR) is 115 cm³/mol. The number of rotatable bonds is 5. The molecule has 144 valence electrons. The van der Waals surface area contributed by atoms with Crippen molar-refractivity contribution in [3.05, 3.63) is 96.1 Å². The molecule has 0 aliphatic rings. The van der Waals surface area contributed by atoms with Gasteiger partial charge in [-0.15, -0.1) is 0 Å². The van der Waals surface area contributed by atoms with Crippen LogP contribution < -0.4 is 0 Å². The topological polar surface area (TPSA) is 46.6 Å². The van der Waals surface area contributed by atoms with Gasteiger partial charge in [0.2, 0.25) is 0 Å². The molecule has 0 heterocycles. The van der Waals surface area contributed by atoms with Crippen molar-refractivity contribution in [2.75, 3.05) is 20.2 Å². The fraction of sp³-hybridized carbons (Fsp3) is 0.120. The Kier molecular flexibility index (Phi) is 5.25. The van der Waals surface area contributed by atoms with Gasteiger partial charge in [0.05, 0.1) is 12.1 Å². The maximum atomic E-state index is 12.7. The molecule has 0 N–H and O–H groups in total. The average Bonchev–Trinajstić information content (AvgIpc) is 2.77. The molecule has 0 saturated carbocycles. The molecule has 0 radical (unpaired) electrons. The molecule has 0 aliphatic carbocycles. The lowest BCUT2D eigenvalue weighted by Gasteiger charge is -2.17. The molecule has 0 aromatic heterocycles. The molecule has 4 rings (SSSR count). The summed E-state index contributed by atoms with van der Waals surface area (Å²) in [5.41, 5.74) is 1.12. The highest BCUT2D eigenvalue weighted by atomic mass is 16.5. The van der Waals surface area contributed by atoms with Gasteiger partial charge in [0.1, 0.15) is 6.61 Å². The summed E-state index contributed by atoms with van der Waals surface area (Å²) in [6, 6.07) is 26.9. The number of esters is 1. The van der Waals surface area contributed by atoms with E-state index >= 15 is 0 Å². The molecule has 4 aromatic rings. The number of carbonyl (C=O) groups excluding carboxylic acids is 2. The van der Waals surface area contributed by atoms with Crippen LogP contribution >= 0.6 is 0 Å². The van der Waals surface area contributed by atoms with Gasteiger partial charge in [0, 0.05) is 12.6 Å². The lowest BCUT2D eigenvalue weighted by molar-refractivity contribution is 0.0452. The van der Waals surface area contributed by atoms with Crippen LogP contribution in [-0.4, -0.2) is 37.0 Å². The van der Waals surface area contributed by atoms with Crippen molar-refractivity contribution in [2.45, 2.75) is 0 Å². The summed E-state index contributed by atoms with van der Waals surface area (Å²) in [6.07, 6.45) is 0. The van der Waals surface area contributed by atoms with Gasteiger partial charge in [-0.25, -0.2) is 4.79 Å². The Morgan fingerprint density at radius 2 is 1.24 bits per heavy atom. The highest BCUT2D eigenvalue weighted by Gasteiger charge is 2.14. The number of hydrogen-bond donors (Lipinski definition) is 0. The van der Waals surface area contributed by atoms with Crippen LogP contribution in [0, 0.1) is 0 Å². The van der Waals surface area contributed by atoms with Crippen LogP contribution in [0.15, 0.2) is 84.9 Å². The minimum Gasteiger partial charge on any atom is -0.460 e. The Morgan fingerprint density at radius 1 is 0.724 bits per heavy atom. The van der Waals surface area contributed by atoms with Gasteiger partial charge in [-0.3, -0.25) is 4.79 Å². The normalized spacial score (nSPS) is 10.8. The molecular formula is C25H21NO3. The monoisotopic (exact) mass is 383 g/mol. The summed E-state index contributed by atoms with van der Waals surface area (Å²) in [4.78, 5) is 26.6. The molecule has 0 atom stereocenters. The number of nitrogens with zero attached hydrogens (tertiary/aromatic N) is 1. The van der Waals surface area contributed by atoms with Gasteiger partial charge in [0.15, 0.2) is 0 Å². The number of fused-ring (bicyclic) bond motifs is 2. The lowest BCUT2D eigenvalue weighted by Crippen LogP contribution is -2.30. The minimum atomic E-state index is -0.387. The fourth-order valence-electron chi connectivity index (χ4n) is 3.32. The summed E-state index contributed by atoms with van der Waals surface area (Å²) < 4.78 is 5.37. The van der Waals surface area contributed by atoms with Crippen LogP contribution in [0.4, 0.5) is 0 Å². The van der Waals surface area contributed by atoms with E-state index in [1.54, 1.807) is 18.0 Å². The molecule has 0 unspecified atom stereocenters. The molecule has 4 aromatic carbocycles. The minimum absolute atomic E-state index is 0.0995. The first-order valence-corrected chi connectivity index (χ1v) is 9.52. The quantitative estimate of drug-likeness (QED) is 0.460. The van der Waals surface area contributed by atoms with E-state index in [4.69, 9.17) is 4.74 Å². The van der Waals surface area contributed by atoms with Crippen LogP contribution in [0.2, 0.25) is 0 Å². The summed E-state index contributed by atoms with van der Waals surface area (Å²) in [5.74, 6) is -0.486. The Balaban J connectivity index is 1.36. The van der Waals surface area contributed by atoms with E-state index in [9.17, 15) is 9.59 Å². The van der Waals surface area contributed by atoms with E-state index in [0.29, 0.717) is 17.7 Å². The molecule has 0 saturated heterocycles. The van der Waals surface area contributed by atoms with Crippen LogP contribution in [0.25, 0.3) is 21.5 Å². The van der Waals surface area contributed by atoms with E-state index in [2.05, 4.69) is 0 Å². The first-order chi connectivity index (χ1) is 14.1. The second-order valence-electron chi connectivity index (χ2n) is 6.99. The summed E-state index contributed by atoms with van der Waals surface area (Å²) in [5, 5.41) is 4.18. The number of hydrogen-bond acceptors (Lipinski definition) is 3. The van der Waals surface area contributed by atoms with E-state index in [-0.39, 0.29) is 18.5 Å². The van der Waals surface area contributed by atoms with Gasteiger partial charge in [-0.05, 0) is 45.8 Å². The van der Waals surface area contributed by atoms with Crippen molar-refractivity contribution >= 4 is 33.4 Å². The van der Waals surface area contributed by atoms with Gasteiger partial charge < -0.3 is 9.64 Å². The second-order valence-corrected chi connectivity index (χ2v) is 6.99. The van der Waals surface area contributed by atoms with E-state index in [1.807, 2.05) is 78.9 Å². The molecular weight excluding hydrogens is 362 g/mol. The summed E-state index contributed by atoms with van der Waals surface area (Å²) >= 11 is 0.